The predicted octanol–water partition coefficient (Wildman–Crippen LogP) is 2.20. The summed E-state index contributed by atoms with van der Waals surface area (Å²) in [6.45, 7) is 0.418. The number of nitrogens with one attached hydrogen (secondary N) is 1. The molecule has 0 saturated heterocycles. The lowest BCUT2D eigenvalue weighted by atomic mass is 10.1. The number of rotatable bonds is 7. The van der Waals surface area contributed by atoms with Gasteiger partial charge in [-0.1, -0.05) is 0 Å². The van der Waals surface area contributed by atoms with E-state index < -0.39 is 23.7 Å². The van der Waals surface area contributed by atoms with Gasteiger partial charge in [0.25, 0.3) is 5.91 Å². The third-order valence-corrected chi connectivity index (χ3v) is 3.23. The first kappa shape index (κ1) is 16.6. The number of benzene rings is 1. The van der Waals surface area contributed by atoms with Gasteiger partial charge in [0, 0.05) is 19.3 Å². The number of carboxylic acids is 1. The maximum atomic E-state index is 13.1. The molecule has 1 unspecified atom stereocenters. The normalized spacial score (nSPS) is 11.9. The Morgan fingerprint density at radius 2 is 2.20 bits per heavy atom. The Labute approximate surface area is 124 Å². The number of ether oxygens (including phenoxy) is 1. The van der Waals surface area contributed by atoms with E-state index in [-0.39, 0.29) is 16.5 Å². The summed E-state index contributed by atoms with van der Waals surface area (Å²) in [5.74, 6) is -2.16. The summed E-state index contributed by atoms with van der Waals surface area (Å²) in [5.41, 5.74) is 0.191. The van der Waals surface area contributed by atoms with Gasteiger partial charge in [-0.05, 0) is 47.0 Å². The number of carbonyl (C=O) groups excluding carboxylic acids is 1. The van der Waals surface area contributed by atoms with Crippen LogP contribution in [-0.2, 0) is 9.53 Å². The fourth-order valence-corrected chi connectivity index (χ4v) is 1.95. The van der Waals surface area contributed by atoms with Crippen LogP contribution in [0.1, 0.15) is 23.2 Å². The molecule has 0 saturated carbocycles. The summed E-state index contributed by atoms with van der Waals surface area (Å²) >= 11 is 2.97. The van der Waals surface area contributed by atoms with Crippen molar-refractivity contribution < 1.29 is 23.8 Å². The van der Waals surface area contributed by atoms with Crippen molar-refractivity contribution in [2.45, 2.75) is 18.9 Å². The molecular weight excluding hydrogens is 333 g/mol. The van der Waals surface area contributed by atoms with Crippen LogP contribution >= 0.6 is 15.9 Å². The first-order chi connectivity index (χ1) is 9.45. The van der Waals surface area contributed by atoms with Crippen molar-refractivity contribution in [3.8, 4) is 0 Å². The van der Waals surface area contributed by atoms with Crippen molar-refractivity contribution in [3.05, 3.63) is 34.1 Å². The molecule has 0 fully saturated rings. The van der Waals surface area contributed by atoms with Crippen LogP contribution in [0.15, 0.2) is 22.7 Å². The zero-order valence-electron chi connectivity index (χ0n) is 10.9. The summed E-state index contributed by atoms with van der Waals surface area (Å²) in [5, 5.41) is 11.4. The Bertz CT molecular complexity index is 495. The van der Waals surface area contributed by atoms with Gasteiger partial charge >= 0.3 is 5.97 Å². The molecule has 0 aromatic heterocycles. The highest BCUT2D eigenvalue weighted by molar-refractivity contribution is 9.10. The fourth-order valence-electron chi connectivity index (χ4n) is 1.57. The van der Waals surface area contributed by atoms with Crippen molar-refractivity contribution >= 4 is 27.8 Å². The molecule has 0 radical (unpaired) electrons. The SMILES string of the molecule is COCCCC(NC(=O)c1ccc(F)c(Br)c1)C(=O)O. The Hall–Kier alpha value is -1.47. The van der Waals surface area contributed by atoms with E-state index in [4.69, 9.17) is 9.84 Å². The molecule has 7 heteroatoms. The van der Waals surface area contributed by atoms with Gasteiger partial charge in [0.2, 0.25) is 0 Å². The van der Waals surface area contributed by atoms with Gasteiger partial charge in [-0.25, -0.2) is 9.18 Å². The minimum Gasteiger partial charge on any atom is -0.480 e. The van der Waals surface area contributed by atoms with E-state index in [0.717, 1.165) is 6.07 Å². The summed E-state index contributed by atoms with van der Waals surface area (Å²) in [6.07, 6.45) is 0.776. The molecule has 0 spiro atoms. The molecule has 0 aliphatic heterocycles. The molecule has 5 nitrogen and oxygen atoms in total. The van der Waals surface area contributed by atoms with Gasteiger partial charge in [0.1, 0.15) is 11.9 Å². The van der Waals surface area contributed by atoms with Crippen LogP contribution < -0.4 is 5.32 Å². The smallest absolute Gasteiger partial charge is 0.326 e. The summed E-state index contributed by atoms with van der Waals surface area (Å²) in [6, 6.07) is 2.74. The average Bonchev–Trinajstić information content (AvgIpc) is 2.40. The second kappa shape index (κ2) is 7.96. The third kappa shape index (κ3) is 4.90. The number of aliphatic carboxylic acids is 1. The quantitative estimate of drug-likeness (QED) is 0.741. The highest BCUT2D eigenvalue weighted by Gasteiger charge is 2.20. The van der Waals surface area contributed by atoms with E-state index in [0.29, 0.717) is 13.0 Å². The van der Waals surface area contributed by atoms with Gasteiger partial charge in [-0.15, -0.1) is 0 Å². The largest absolute Gasteiger partial charge is 0.480 e. The van der Waals surface area contributed by atoms with E-state index >= 15 is 0 Å². The minimum atomic E-state index is -1.12. The zero-order valence-corrected chi connectivity index (χ0v) is 12.4. The van der Waals surface area contributed by atoms with Gasteiger partial charge < -0.3 is 15.2 Å². The molecule has 0 heterocycles. The molecule has 1 aromatic rings. The molecule has 2 N–H and O–H groups in total. The average molecular weight is 348 g/mol. The number of methoxy groups -OCH3 is 1. The Kier molecular flexibility index (Phi) is 6.60. The lowest BCUT2D eigenvalue weighted by molar-refractivity contribution is -0.139. The second-order valence-electron chi connectivity index (χ2n) is 4.13. The lowest BCUT2D eigenvalue weighted by Crippen LogP contribution is -2.40. The van der Waals surface area contributed by atoms with Crippen molar-refractivity contribution in [1.29, 1.82) is 0 Å². The number of hydrogen-bond acceptors (Lipinski definition) is 3. The summed E-state index contributed by atoms with van der Waals surface area (Å²) in [7, 11) is 1.52. The highest BCUT2D eigenvalue weighted by atomic mass is 79.9. The highest BCUT2D eigenvalue weighted by Crippen LogP contribution is 2.17. The number of halogens is 2. The van der Waals surface area contributed by atoms with Crippen LogP contribution in [0, 0.1) is 5.82 Å². The summed E-state index contributed by atoms with van der Waals surface area (Å²) in [4.78, 5) is 23.0. The van der Waals surface area contributed by atoms with E-state index in [1.807, 2.05) is 0 Å². The monoisotopic (exact) mass is 347 g/mol. The Balaban J connectivity index is 2.69. The first-order valence-corrected chi connectivity index (χ1v) is 6.72. The van der Waals surface area contributed by atoms with Gasteiger partial charge in [0.05, 0.1) is 4.47 Å². The van der Waals surface area contributed by atoms with E-state index in [1.54, 1.807) is 0 Å². The van der Waals surface area contributed by atoms with Crippen LogP contribution in [0.3, 0.4) is 0 Å². The van der Waals surface area contributed by atoms with Crippen LogP contribution in [0.25, 0.3) is 0 Å². The molecule has 0 bridgehead atoms. The number of hydrogen-bond donors (Lipinski definition) is 2. The number of carbonyl (C=O) groups is 2. The van der Waals surface area contributed by atoms with E-state index in [9.17, 15) is 14.0 Å². The molecule has 0 aliphatic carbocycles. The molecule has 110 valence electrons. The maximum absolute atomic E-state index is 13.1. The van der Waals surface area contributed by atoms with Crippen LogP contribution in [-0.4, -0.2) is 36.7 Å². The molecular formula is C13H15BrFNO4. The topological polar surface area (TPSA) is 75.6 Å². The second-order valence-corrected chi connectivity index (χ2v) is 4.98. The van der Waals surface area contributed by atoms with E-state index in [2.05, 4.69) is 21.2 Å². The van der Waals surface area contributed by atoms with Gasteiger partial charge in [-0.2, -0.15) is 0 Å². The molecule has 0 aliphatic rings. The zero-order chi connectivity index (χ0) is 15.1. The Morgan fingerprint density at radius 3 is 2.75 bits per heavy atom. The van der Waals surface area contributed by atoms with Crippen LogP contribution in [0.4, 0.5) is 4.39 Å². The summed E-state index contributed by atoms with van der Waals surface area (Å²) < 4.78 is 18.1. The standard InChI is InChI=1S/C13H15BrFNO4/c1-20-6-2-3-11(13(18)19)16-12(17)8-4-5-10(15)9(14)7-8/h4-5,7,11H,2-3,6H2,1H3,(H,16,17)(H,18,19). The van der Waals surface area contributed by atoms with Gasteiger partial charge in [-0.3, -0.25) is 4.79 Å². The fraction of sp³-hybridized carbons (Fsp3) is 0.385. The number of carboxylic acid groups (broad SMARTS) is 1. The molecule has 1 atom stereocenters. The number of amides is 1. The first-order valence-electron chi connectivity index (χ1n) is 5.93. The van der Waals surface area contributed by atoms with Crippen LogP contribution in [0.5, 0.6) is 0 Å². The lowest BCUT2D eigenvalue weighted by Gasteiger charge is -2.14. The third-order valence-electron chi connectivity index (χ3n) is 2.63. The molecule has 1 amide bonds. The van der Waals surface area contributed by atoms with Crippen molar-refractivity contribution in [1.82, 2.24) is 5.32 Å². The van der Waals surface area contributed by atoms with Crippen LogP contribution in [0.2, 0.25) is 0 Å². The van der Waals surface area contributed by atoms with Crippen molar-refractivity contribution in [3.63, 3.8) is 0 Å². The minimum absolute atomic E-state index is 0.149. The van der Waals surface area contributed by atoms with Crippen molar-refractivity contribution in [2.75, 3.05) is 13.7 Å². The molecule has 1 rings (SSSR count). The van der Waals surface area contributed by atoms with E-state index in [1.165, 1.54) is 19.2 Å². The predicted molar refractivity (Wildman–Crippen MR) is 74.1 cm³/mol. The van der Waals surface area contributed by atoms with Crippen molar-refractivity contribution in [2.24, 2.45) is 0 Å². The maximum Gasteiger partial charge on any atom is 0.326 e. The Morgan fingerprint density at radius 1 is 1.50 bits per heavy atom. The molecule has 20 heavy (non-hydrogen) atoms. The van der Waals surface area contributed by atoms with Gasteiger partial charge in [0.15, 0.2) is 0 Å². The molecule has 1 aromatic carbocycles.